The molecule has 0 aliphatic heterocycles. The summed E-state index contributed by atoms with van der Waals surface area (Å²) in [7, 11) is 0. The van der Waals surface area contributed by atoms with Crippen molar-refractivity contribution in [3.05, 3.63) is 58.6 Å². The summed E-state index contributed by atoms with van der Waals surface area (Å²) in [5.41, 5.74) is 7.57. The lowest BCUT2D eigenvalue weighted by Gasteiger charge is -2.06. The third-order valence-electron chi connectivity index (χ3n) is 2.30. The van der Waals surface area contributed by atoms with E-state index in [1.165, 1.54) is 0 Å². The minimum absolute atomic E-state index is 0.416. The number of primary amides is 1. The number of carbonyl (C=O) groups excluding carboxylic acids is 1. The first-order valence-electron chi connectivity index (χ1n) is 5.07. The first kappa shape index (κ1) is 11.7. The number of hydrogen-bond donors (Lipinski definition) is 2. The second-order valence-corrected chi connectivity index (χ2v) is 4.49. The molecule has 2 aromatic rings. The fourth-order valence-corrected chi connectivity index (χ4v) is 1.68. The molecule has 4 heteroatoms. The van der Waals surface area contributed by atoms with Crippen molar-refractivity contribution in [3.63, 3.8) is 0 Å². The lowest BCUT2D eigenvalue weighted by atomic mass is 10.2. The summed E-state index contributed by atoms with van der Waals surface area (Å²) in [6.07, 6.45) is 0. The van der Waals surface area contributed by atoms with Crippen LogP contribution in [0.5, 0.6) is 0 Å². The number of anilines is 2. The number of rotatable bonds is 3. The van der Waals surface area contributed by atoms with Gasteiger partial charge in [-0.05, 0) is 48.5 Å². The van der Waals surface area contributed by atoms with Crippen LogP contribution in [0.4, 0.5) is 11.4 Å². The van der Waals surface area contributed by atoms with E-state index in [0.29, 0.717) is 5.56 Å². The molecule has 3 nitrogen and oxygen atoms in total. The summed E-state index contributed by atoms with van der Waals surface area (Å²) in [5, 5.41) is 3.22. The second kappa shape index (κ2) is 5.01. The van der Waals surface area contributed by atoms with E-state index in [0.717, 1.165) is 15.8 Å². The Bertz CT molecular complexity index is 520. The van der Waals surface area contributed by atoms with Gasteiger partial charge in [0.15, 0.2) is 0 Å². The Kier molecular flexibility index (Phi) is 3.44. The van der Waals surface area contributed by atoms with Crippen LogP contribution in [0.1, 0.15) is 10.4 Å². The molecular formula is C13H11BrN2O. The van der Waals surface area contributed by atoms with E-state index in [2.05, 4.69) is 21.2 Å². The van der Waals surface area contributed by atoms with Gasteiger partial charge in [0.1, 0.15) is 0 Å². The van der Waals surface area contributed by atoms with Crippen molar-refractivity contribution in [2.75, 3.05) is 5.32 Å². The van der Waals surface area contributed by atoms with Crippen LogP contribution in [0, 0.1) is 0 Å². The van der Waals surface area contributed by atoms with Crippen molar-refractivity contribution in [2.24, 2.45) is 5.73 Å². The molecule has 1 amide bonds. The highest BCUT2D eigenvalue weighted by atomic mass is 79.9. The molecule has 0 saturated carbocycles. The van der Waals surface area contributed by atoms with Gasteiger partial charge in [-0.2, -0.15) is 0 Å². The van der Waals surface area contributed by atoms with Crippen LogP contribution in [0.2, 0.25) is 0 Å². The molecule has 0 aliphatic carbocycles. The average Bonchev–Trinajstić information content (AvgIpc) is 2.33. The Labute approximate surface area is 108 Å². The molecular weight excluding hydrogens is 280 g/mol. The zero-order valence-corrected chi connectivity index (χ0v) is 10.6. The maximum Gasteiger partial charge on any atom is 0.248 e. The maximum absolute atomic E-state index is 10.9. The molecule has 0 atom stereocenters. The van der Waals surface area contributed by atoms with E-state index >= 15 is 0 Å². The Morgan fingerprint density at radius 3 is 1.88 bits per heavy atom. The molecule has 0 fully saturated rings. The first-order chi connectivity index (χ1) is 8.15. The highest BCUT2D eigenvalue weighted by Gasteiger charge is 1.99. The zero-order chi connectivity index (χ0) is 12.3. The van der Waals surface area contributed by atoms with Crippen molar-refractivity contribution in [3.8, 4) is 0 Å². The van der Waals surface area contributed by atoms with E-state index in [-0.39, 0.29) is 0 Å². The quantitative estimate of drug-likeness (QED) is 0.911. The Morgan fingerprint density at radius 1 is 0.941 bits per heavy atom. The van der Waals surface area contributed by atoms with Crippen LogP contribution in [0.25, 0.3) is 0 Å². The minimum Gasteiger partial charge on any atom is -0.366 e. The van der Waals surface area contributed by atoms with E-state index in [1.807, 2.05) is 36.4 Å². The van der Waals surface area contributed by atoms with Crippen molar-refractivity contribution in [2.45, 2.75) is 0 Å². The van der Waals surface area contributed by atoms with Crippen LogP contribution in [-0.4, -0.2) is 5.91 Å². The van der Waals surface area contributed by atoms with Gasteiger partial charge in [-0.3, -0.25) is 4.79 Å². The van der Waals surface area contributed by atoms with Gasteiger partial charge < -0.3 is 11.1 Å². The van der Waals surface area contributed by atoms with Gasteiger partial charge >= 0.3 is 0 Å². The zero-order valence-electron chi connectivity index (χ0n) is 8.98. The van der Waals surface area contributed by atoms with Crippen molar-refractivity contribution in [1.82, 2.24) is 0 Å². The van der Waals surface area contributed by atoms with Crippen LogP contribution >= 0.6 is 15.9 Å². The van der Waals surface area contributed by atoms with Crippen molar-refractivity contribution in [1.29, 1.82) is 0 Å². The van der Waals surface area contributed by atoms with E-state index < -0.39 is 5.91 Å². The van der Waals surface area contributed by atoms with Crippen LogP contribution in [0.15, 0.2) is 53.0 Å². The van der Waals surface area contributed by atoms with Gasteiger partial charge in [-0.25, -0.2) is 0 Å². The molecule has 2 aromatic carbocycles. The summed E-state index contributed by atoms with van der Waals surface area (Å²) in [4.78, 5) is 10.9. The standard InChI is InChI=1S/C13H11BrN2O/c14-10-3-7-12(8-4-10)16-11-5-1-9(2-6-11)13(15)17/h1-8,16H,(H2,15,17). The molecule has 0 saturated heterocycles. The molecule has 0 unspecified atom stereocenters. The van der Waals surface area contributed by atoms with Gasteiger partial charge in [0, 0.05) is 21.4 Å². The predicted octanol–water partition coefficient (Wildman–Crippen LogP) is 3.29. The topological polar surface area (TPSA) is 55.1 Å². The lowest BCUT2D eigenvalue weighted by molar-refractivity contribution is 0.100. The molecule has 0 spiro atoms. The van der Waals surface area contributed by atoms with E-state index in [9.17, 15) is 4.79 Å². The molecule has 0 bridgehead atoms. The SMILES string of the molecule is NC(=O)c1ccc(Nc2ccc(Br)cc2)cc1. The van der Waals surface area contributed by atoms with Gasteiger partial charge in [-0.15, -0.1) is 0 Å². The maximum atomic E-state index is 10.9. The fourth-order valence-electron chi connectivity index (χ4n) is 1.42. The Hall–Kier alpha value is -1.81. The number of halogens is 1. The molecule has 86 valence electrons. The second-order valence-electron chi connectivity index (χ2n) is 3.57. The number of carbonyl (C=O) groups is 1. The van der Waals surface area contributed by atoms with Gasteiger partial charge in [0.25, 0.3) is 0 Å². The summed E-state index contributed by atoms with van der Waals surface area (Å²) in [6.45, 7) is 0. The smallest absolute Gasteiger partial charge is 0.248 e. The molecule has 2 rings (SSSR count). The predicted molar refractivity (Wildman–Crippen MR) is 72.4 cm³/mol. The average molecular weight is 291 g/mol. The van der Waals surface area contributed by atoms with E-state index in [1.54, 1.807) is 12.1 Å². The number of nitrogens with one attached hydrogen (secondary N) is 1. The molecule has 0 radical (unpaired) electrons. The number of benzene rings is 2. The summed E-state index contributed by atoms with van der Waals surface area (Å²) in [5.74, 6) is -0.416. The van der Waals surface area contributed by atoms with Crippen molar-refractivity contribution >= 4 is 33.2 Å². The van der Waals surface area contributed by atoms with Gasteiger partial charge in [0.2, 0.25) is 5.91 Å². The number of nitrogens with two attached hydrogens (primary N) is 1. The van der Waals surface area contributed by atoms with Crippen LogP contribution < -0.4 is 11.1 Å². The normalized spacial score (nSPS) is 9.94. The third-order valence-corrected chi connectivity index (χ3v) is 2.83. The molecule has 0 aliphatic rings. The highest BCUT2D eigenvalue weighted by molar-refractivity contribution is 9.10. The Balaban J connectivity index is 2.13. The fraction of sp³-hybridized carbons (Fsp3) is 0. The molecule has 0 aromatic heterocycles. The largest absolute Gasteiger partial charge is 0.366 e. The number of amides is 1. The number of hydrogen-bond acceptors (Lipinski definition) is 2. The highest BCUT2D eigenvalue weighted by Crippen LogP contribution is 2.19. The van der Waals surface area contributed by atoms with Gasteiger partial charge in [-0.1, -0.05) is 15.9 Å². The van der Waals surface area contributed by atoms with Crippen LogP contribution in [-0.2, 0) is 0 Å². The van der Waals surface area contributed by atoms with Gasteiger partial charge in [0.05, 0.1) is 0 Å². The molecule has 3 N–H and O–H groups in total. The lowest BCUT2D eigenvalue weighted by Crippen LogP contribution is -2.10. The first-order valence-corrected chi connectivity index (χ1v) is 5.87. The van der Waals surface area contributed by atoms with Crippen molar-refractivity contribution < 1.29 is 4.79 Å². The minimum atomic E-state index is -0.416. The Morgan fingerprint density at radius 2 is 1.41 bits per heavy atom. The molecule has 0 heterocycles. The summed E-state index contributed by atoms with van der Waals surface area (Å²) < 4.78 is 1.03. The third kappa shape index (κ3) is 3.07. The monoisotopic (exact) mass is 290 g/mol. The summed E-state index contributed by atoms with van der Waals surface area (Å²) >= 11 is 3.38. The molecule has 17 heavy (non-hydrogen) atoms. The summed E-state index contributed by atoms with van der Waals surface area (Å²) in [6, 6.07) is 14.9. The van der Waals surface area contributed by atoms with Crippen LogP contribution in [0.3, 0.4) is 0 Å². The van der Waals surface area contributed by atoms with E-state index in [4.69, 9.17) is 5.73 Å².